The Labute approximate surface area is 150 Å². The molecule has 0 saturated heterocycles. The van der Waals surface area contributed by atoms with E-state index in [1.807, 2.05) is 49.4 Å². The monoisotopic (exact) mass is 349 g/mol. The fraction of sp³-hybridized carbons (Fsp3) is 0.211. The van der Waals surface area contributed by atoms with E-state index < -0.39 is 12.0 Å². The molecule has 0 saturated carbocycles. The number of amides is 1. The predicted molar refractivity (Wildman–Crippen MR) is 96.1 cm³/mol. The summed E-state index contributed by atoms with van der Waals surface area (Å²) in [5, 5.41) is 10.3. The molecule has 1 aliphatic heterocycles. The molecule has 0 unspecified atom stereocenters. The second-order valence-corrected chi connectivity index (χ2v) is 6.25. The van der Waals surface area contributed by atoms with Crippen LogP contribution >= 0.6 is 0 Å². The molecule has 0 radical (unpaired) electrons. The van der Waals surface area contributed by atoms with Crippen LogP contribution in [0.5, 0.6) is 0 Å². The second kappa shape index (κ2) is 6.51. The summed E-state index contributed by atoms with van der Waals surface area (Å²) in [6.07, 6.45) is 1.45. The number of furan rings is 1. The molecule has 0 fully saturated rings. The molecule has 7 heteroatoms. The molecule has 0 bridgehead atoms. The lowest BCUT2D eigenvalue weighted by Gasteiger charge is -2.32. The van der Waals surface area contributed by atoms with Gasteiger partial charge in [-0.2, -0.15) is 10.1 Å². The van der Waals surface area contributed by atoms with Crippen molar-refractivity contribution in [2.75, 3.05) is 5.32 Å². The third-order valence-corrected chi connectivity index (χ3v) is 4.44. The lowest BCUT2D eigenvalue weighted by atomic mass is 9.92. The van der Waals surface area contributed by atoms with E-state index in [0.29, 0.717) is 24.0 Å². The van der Waals surface area contributed by atoms with Gasteiger partial charge in [0, 0.05) is 12.2 Å². The minimum atomic E-state index is -0.571. The number of aromatic nitrogens is 3. The van der Waals surface area contributed by atoms with Crippen molar-refractivity contribution >= 4 is 11.9 Å². The highest BCUT2D eigenvalue weighted by molar-refractivity contribution is 5.83. The minimum Gasteiger partial charge on any atom is -0.464 e. The van der Waals surface area contributed by atoms with Crippen LogP contribution < -0.4 is 10.6 Å². The van der Waals surface area contributed by atoms with Crippen molar-refractivity contribution in [3.63, 3.8) is 0 Å². The van der Waals surface area contributed by atoms with Gasteiger partial charge in [0.05, 0.1) is 0 Å². The highest BCUT2D eigenvalue weighted by Crippen LogP contribution is 2.37. The van der Waals surface area contributed by atoms with Gasteiger partial charge in [-0.3, -0.25) is 4.79 Å². The van der Waals surface area contributed by atoms with Crippen molar-refractivity contribution in [2.45, 2.75) is 19.5 Å². The van der Waals surface area contributed by atoms with Crippen LogP contribution in [0.4, 0.5) is 5.95 Å². The zero-order valence-corrected chi connectivity index (χ0v) is 14.3. The van der Waals surface area contributed by atoms with E-state index in [0.717, 1.165) is 11.3 Å². The Morgan fingerprint density at radius 3 is 2.85 bits per heavy atom. The van der Waals surface area contributed by atoms with E-state index in [4.69, 9.17) is 4.42 Å². The van der Waals surface area contributed by atoms with Crippen LogP contribution in [0.25, 0.3) is 0 Å². The first-order chi connectivity index (χ1) is 12.6. The van der Waals surface area contributed by atoms with Gasteiger partial charge in [0.1, 0.15) is 29.8 Å². The summed E-state index contributed by atoms with van der Waals surface area (Å²) < 4.78 is 7.47. The number of anilines is 1. The number of carbonyl (C=O) groups is 1. The largest absolute Gasteiger partial charge is 0.464 e. The maximum absolute atomic E-state index is 13.0. The van der Waals surface area contributed by atoms with Crippen molar-refractivity contribution in [1.82, 2.24) is 20.1 Å². The van der Waals surface area contributed by atoms with Gasteiger partial charge >= 0.3 is 0 Å². The second-order valence-electron chi connectivity index (χ2n) is 6.25. The Hall–Kier alpha value is -3.35. The summed E-state index contributed by atoms with van der Waals surface area (Å²) in [5.41, 5.74) is 1.59. The van der Waals surface area contributed by atoms with Gasteiger partial charge in [0.2, 0.25) is 11.9 Å². The number of carbonyl (C=O) groups excluding carboxylic acids is 1. The van der Waals surface area contributed by atoms with Crippen LogP contribution in [-0.2, 0) is 11.3 Å². The number of nitrogens with zero attached hydrogens (tertiary/aromatic N) is 3. The van der Waals surface area contributed by atoms with E-state index >= 15 is 0 Å². The zero-order chi connectivity index (χ0) is 18.1. The molecule has 26 heavy (non-hydrogen) atoms. The van der Waals surface area contributed by atoms with Crippen molar-refractivity contribution in [3.8, 4) is 0 Å². The van der Waals surface area contributed by atoms with Crippen LogP contribution in [0.1, 0.15) is 23.1 Å². The topological polar surface area (TPSA) is 85.0 Å². The number of hydrogen-bond donors (Lipinski definition) is 2. The van der Waals surface area contributed by atoms with Crippen molar-refractivity contribution in [2.24, 2.45) is 5.92 Å². The molecule has 2 N–H and O–H groups in total. The summed E-state index contributed by atoms with van der Waals surface area (Å²) >= 11 is 0. The first kappa shape index (κ1) is 16.1. The number of benzene rings is 1. The van der Waals surface area contributed by atoms with Gasteiger partial charge in [0.15, 0.2) is 0 Å². The van der Waals surface area contributed by atoms with Crippen molar-refractivity contribution < 1.29 is 9.21 Å². The molecular formula is C19H19N5O2. The minimum absolute atomic E-state index is 0.147. The molecule has 0 spiro atoms. The normalized spacial score (nSPS) is 18.9. The molecule has 132 valence electrons. The Balaban J connectivity index is 1.64. The third kappa shape index (κ3) is 2.88. The smallest absolute Gasteiger partial charge is 0.231 e. The Morgan fingerprint density at radius 2 is 2.12 bits per heavy atom. The fourth-order valence-corrected chi connectivity index (χ4v) is 3.19. The maximum Gasteiger partial charge on any atom is 0.231 e. The van der Waals surface area contributed by atoms with Crippen molar-refractivity contribution in [1.29, 1.82) is 0 Å². The van der Waals surface area contributed by atoms with Crippen LogP contribution in [-0.4, -0.2) is 20.7 Å². The summed E-state index contributed by atoms with van der Waals surface area (Å²) in [7, 11) is 0. The Kier molecular flexibility index (Phi) is 4.04. The van der Waals surface area contributed by atoms with Gasteiger partial charge in [-0.05, 0) is 24.6 Å². The third-order valence-electron chi connectivity index (χ3n) is 4.44. The van der Waals surface area contributed by atoms with Crippen LogP contribution in [0.2, 0.25) is 0 Å². The van der Waals surface area contributed by atoms with E-state index in [9.17, 15) is 4.79 Å². The quantitative estimate of drug-likeness (QED) is 0.756. The average Bonchev–Trinajstić information content (AvgIpc) is 3.28. The first-order valence-corrected chi connectivity index (χ1v) is 8.37. The Morgan fingerprint density at radius 1 is 1.31 bits per heavy atom. The van der Waals surface area contributed by atoms with E-state index in [1.54, 1.807) is 4.68 Å². The number of aryl methyl sites for hydroxylation is 1. The van der Waals surface area contributed by atoms with Gasteiger partial charge in [-0.15, -0.1) is 0 Å². The van der Waals surface area contributed by atoms with Gasteiger partial charge in [-0.1, -0.05) is 36.9 Å². The highest BCUT2D eigenvalue weighted by atomic mass is 16.3. The molecule has 2 atom stereocenters. The van der Waals surface area contributed by atoms with Crippen molar-refractivity contribution in [3.05, 3.63) is 78.2 Å². The maximum atomic E-state index is 13.0. The lowest BCUT2D eigenvalue weighted by molar-refractivity contribution is -0.125. The van der Waals surface area contributed by atoms with E-state index in [2.05, 4.69) is 27.3 Å². The zero-order valence-electron chi connectivity index (χ0n) is 14.3. The van der Waals surface area contributed by atoms with Crippen LogP contribution in [0.3, 0.4) is 0 Å². The lowest BCUT2D eigenvalue weighted by Crippen LogP contribution is -2.42. The number of nitrogens with one attached hydrogen (secondary N) is 2. The molecule has 1 aromatic carbocycles. The molecule has 7 nitrogen and oxygen atoms in total. The van der Waals surface area contributed by atoms with Crippen LogP contribution in [0, 0.1) is 12.8 Å². The summed E-state index contributed by atoms with van der Waals surface area (Å²) in [4.78, 5) is 17.2. The molecule has 0 aliphatic carbocycles. The fourth-order valence-electron chi connectivity index (χ4n) is 3.19. The standard InChI is InChI=1S/C19H19N5O2/c1-12-8-9-15(26-12)17-16(13(2)23-19-21-11-22-24(17)19)18(25)20-10-14-6-4-3-5-7-14/h3-9,11,16-17H,2,10H2,1H3,(H,20,25)(H,21,22,23)/t16-,17+/m1/s1. The van der Waals surface area contributed by atoms with Gasteiger partial charge in [0.25, 0.3) is 0 Å². The van der Waals surface area contributed by atoms with E-state index in [-0.39, 0.29) is 5.91 Å². The SMILES string of the molecule is C=C1Nc2ncnn2[C@@H](c2ccc(C)o2)[C@@H]1C(=O)NCc1ccccc1. The summed E-state index contributed by atoms with van der Waals surface area (Å²) in [6, 6.07) is 13.1. The van der Waals surface area contributed by atoms with Gasteiger partial charge < -0.3 is 15.1 Å². The molecule has 2 aromatic heterocycles. The van der Waals surface area contributed by atoms with E-state index in [1.165, 1.54) is 6.33 Å². The molecule has 1 amide bonds. The van der Waals surface area contributed by atoms with Crippen LogP contribution in [0.15, 0.2) is 65.5 Å². The molecule has 3 aromatic rings. The molecule has 1 aliphatic rings. The molecule has 4 rings (SSSR count). The molecular weight excluding hydrogens is 330 g/mol. The first-order valence-electron chi connectivity index (χ1n) is 8.37. The highest BCUT2D eigenvalue weighted by Gasteiger charge is 2.41. The number of rotatable bonds is 4. The Bertz CT molecular complexity index is 944. The number of hydrogen-bond acceptors (Lipinski definition) is 5. The van der Waals surface area contributed by atoms with Gasteiger partial charge in [-0.25, -0.2) is 4.68 Å². The number of fused-ring (bicyclic) bond motifs is 1. The predicted octanol–water partition coefficient (Wildman–Crippen LogP) is 2.64. The summed E-state index contributed by atoms with van der Waals surface area (Å²) in [5.74, 6) is 1.25. The average molecular weight is 349 g/mol. The molecule has 3 heterocycles. The summed E-state index contributed by atoms with van der Waals surface area (Å²) in [6.45, 7) is 6.35.